The number of halogens is 1. The fourth-order valence-corrected chi connectivity index (χ4v) is 6.94. The minimum atomic E-state index is 0.542. The number of hydrogen-bond acceptors (Lipinski definition) is 8. The summed E-state index contributed by atoms with van der Waals surface area (Å²) in [4.78, 5) is 14.8. The third kappa shape index (κ3) is 5.81. The van der Waals surface area contributed by atoms with Crippen molar-refractivity contribution >= 4 is 28.9 Å². The van der Waals surface area contributed by atoms with E-state index < -0.39 is 0 Å². The number of aryl methyl sites for hydroxylation is 3. The van der Waals surface area contributed by atoms with Gasteiger partial charge in [0.1, 0.15) is 5.75 Å². The third-order valence-corrected chi connectivity index (χ3v) is 9.28. The molecule has 2 aromatic carbocycles. The molecule has 2 aliphatic heterocycles. The molecule has 0 unspecified atom stereocenters. The zero-order valence-corrected chi connectivity index (χ0v) is 25.6. The van der Waals surface area contributed by atoms with Crippen LogP contribution in [0.15, 0.2) is 48.7 Å². The predicted molar refractivity (Wildman–Crippen MR) is 170 cm³/mol. The SMILES string of the molecule is COc1cc(N2CCN(C3CCOCC3)CC2)ccc1Nc1ncc2c(n1)-c1c(nn(C)c1Cc1cccc(Cl)c1)CC2. The largest absolute Gasteiger partial charge is 0.494 e. The van der Waals surface area contributed by atoms with Crippen LogP contribution in [0.3, 0.4) is 0 Å². The van der Waals surface area contributed by atoms with E-state index in [1.165, 1.54) is 5.69 Å². The number of hydrogen-bond donors (Lipinski definition) is 1. The second-order valence-corrected chi connectivity index (χ2v) is 12.1. The lowest BCUT2D eigenvalue weighted by Gasteiger charge is -2.41. The normalized spacial score (nSPS) is 17.4. The van der Waals surface area contributed by atoms with Crippen molar-refractivity contribution in [1.29, 1.82) is 0 Å². The van der Waals surface area contributed by atoms with Crippen molar-refractivity contribution in [1.82, 2.24) is 24.6 Å². The van der Waals surface area contributed by atoms with Gasteiger partial charge >= 0.3 is 0 Å². The van der Waals surface area contributed by atoms with Gasteiger partial charge < -0.3 is 19.7 Å². The van der Waals surface area contributed by atoms with Crippen LogP contribution in [0.1, 0.15) is 35.4 Å². The summed E-state index contributed by atoms with van der Waals surface area (Å²) in [5, 5.41) is 9.04. The fourth-order valence-electron chi connectivity index (χ4n) is 6.73. The number of anilines is 3. The van der Waals surface area contributed by atoms with Gasteiger partial charge in [0.05, 0.1) is 29.9 Å². The first-order valence-electron chi connectivity index (χ1n) is 15.2. The van der Waals surface area contributed by atoms with Gasteiger partial charge in [-0.2, -0.15) is 5.10 Å². The highest BCUT2D eigenvalue weighted by Gasteiger charge is 2.28. The minimum absolute atomic E-state index is 0.542. The average Bonchev–Trinajstić information content (AvgIpc) is 3.36. The van der Waals surface area contributed by atoms with Crippen molar-refractivity contribution in [3.05, 3.63) is 76.2 Å². The Morgan fingerprint density at radius 1 is 1.05 bits per heavy atom. The number of nitrogens with zero attached hydrogens (tertiary/aromatic N) is 6. The zero-order chi connectivity index (χ0) is 29.3. The molecule has 0 bridgehead atoms. The van der Waals surface area contributed by atoms with E-state index in [0.29, 0.717) is 12.0 Å². The summed E-state index contributed by atoms with van der Waals surface area (Å²) in [5.41, 5.74) is 8.56. The molecule has 1 aliphatic carbocycles. The monoisotopic (exact) mass is 599 g/mol. The number of rotatable bonds is 7. The molecule has 1 N–H and O–H groups in total. The van der Waals surface area contributed by atoms with Crippen LogP contribution in [0, 0.1) is 0 Å². The first kappa shape index (κ1) is 28.1. The summed E-state index contributed by atoms with van der Waals surface area (Å²) in [7, 11) is 3.72. The first-order valence-corrected chi connectivity index (χ1v) is 15.6. The van der Waals surface area contributed by atoms with Gasteiger partial charge in [-0.3, -0.25) is 9.58 Å². The molecule has 2 fully saturated rings. The highest BCUT2D eigenvalue weighted by Crippen LogP contribution is 2.37. The van der Waals surface area contributed by atoms with Crippen molar-refractivity contribution in [3.8, 4) is 17.0 Å². The third-order valence-electron chi connectivity index (χ3n) is 9.05. The molecule has 7 rings (SSSR count). The molecule has 0 atom stereocenters. The van der Waals surface area contributed by atoms with Gasteiger partial charge in [-0.15, -0.1) is 0 Å². The zero-order valence-electron chi connectivity index (χ0n) is 24.9. The fraction of sp³-hybridized carbons (Fsp3) is 0.424. The summed E-state index contributed by atoms with van der Waals surface area (Å²) in [5.74, 6) is 1.31. The Kier molecular flexibility index (Phi) is 7.95. The molecule has 10 heteroatoms. The van der Waals surface area contributed by atoms with Crippen LogP contribution in [0.25, 0.3) is 11.3 Å². The van der Waals surface area contributed by atoms with Crippen molar-refractivity contribution in [2.45, 2.75) is 38.1 Å². The Morgan fingerprint density at radius 2 is 1.88 bits per heavy atom. The topological polar surface area (TPSA) is 80.6 Å². The summed E-state index contributed by atoms with van der Waals surface area (Å²) in [6.07, 6.45) is 6.71. The quantitative estimate of drug-likeness (QED) is 0.308. The number of nitrogens with one attached hydrogen (secondary N) is 1. The average molecular weight is 600 g/mol. The van der Waals surface area contributed by atoms with Crippen LogP contribution in [0.5, 0.6) is 5.75 Å². The van der Waals surface area contributed by atoms with E-state index in [1.807, 2.05) is 36.1 Å². The van der Waals surface area contributed by atoms with Gasteiger partial charge in [0.25, 0.3) is 0 Å². The van der Waals surface area contributed by atoms with Crippen LogP contribution in [0.4, 0.5) is 17.3 Å². The Hall–Kier alpha value is -3.66. The number of aromatic nitrogens is 4. The minimum Gasteiger partial charge on any atom is -0.494 e. The van der Waals surface area contributed by atoms with Crippen LogP contribution in [0.2, 0.25) is 5.02 Å². The van der Waals surface area contributed by atoms with Gasteiger partial charge in [-0.1, -0.05) is 23.7 Å². The van der Waals surface area contributed by atoms with Crippen LogP contribution in [-0.4, -0.2) is 77.2 Å². The Labute approximate surface area is 257 Å². The van der Waals surface area contributed by atoms with Gasteiger partial charge in [0, 0.05) is 87.4 Å². The molecule has 3 aliphatic rings. The summed E-state index contributed by atoms with van der Waals surface area (Å²) < 4.78 is 13.4. The van der Waals surface area contributed by atoms with E-state index in [9.17, 15) is 0 Å². The standard InChI is InChI=1S/C33H38ClN7O2/c1-39-29(19-22-4-3-5-24(34)18-22)31-28(38-39)8-6-23-21-35-33(37-32(23)31)36-27-9-7-26(20-30(27)42-2)41-14-12-40(13-15-41)25-10-16-43-17-11-25/h3-5,7,9,18,20-21,25H,6,8,10-17,19H2,1-2H3,(H,35,36,37). The molecule has 0 radical (unpaired) electrons. The maximum Gasteiger partial charge on any atom is 0.227 e. The first-order chi connectivity index (χ1) is 21.1. The molecule has 2 saturated heterocycles. The molecule has 43 heavy (non-hydrogen) atoms. The summed E-state index contributed by atoms with van der Waals surface area (Å²) >= 11 is 6.29. The summed E-state index contributed by atoms with van der Waals surface area (Å²) in [6, 6.07) is 15.0. The molecule has 0 amide bonds. The molecule has 2 aromatic heterocycles. The molecule has 0 spiro atoms. The van der Waals surface area contributed by atoms with Gasteiger partial charge in [0.2, 0.25) is 5.95 Å². The lowest BCUT2D eigenvalue weighted by atomic mass is 9.91. The van der Waals surface area contributed by atoms with Crippen molar-refractivity contribution in [2.75, 3.05) is 56.7 Å². The molecule has 9 nitrogen and oxygen atoms in total. The lowest BCUT2D eigenvalue weighted by molar-refractivity contribution is 0.0321. The molecule has 4 aromatic rings. The van der Waals surface area contributed by atoms with Gasteiger partial charge in [-0.05, 0) is 61.1 Å². The van der Waals surface area contributed by atoms with Gasteiger partial charge in [0.15, 0.2) is 0 Å². The lowest BCUT2D eigenvalue weighted by Crippen LogP contribution is -2.51. The van der Waals surface area contributed by atoms with Crippen molar-refractivity contribution in [3.63, 3.8) is 0 Å². The van der Waals surface area contributed by atoms with Crippen LogP contribution >= 0.6 is 11.6 Å². The van der Waals surface area contributed by atoms with E-state index in [-0.39, 0.29) is 0 Å². The van der Waals surface area contributed by atoms with E-state index >= 15 is 0 Å². The Bertz CT molecular complexity index is 1610. The van der Waals surface area contributed by atoms with Crippen LogP contribution in [-0.2, 0) is 31.0 Å². The van der Waals surface area contributed by atoms with Crippen molar-refractivity contribution in [2.24, 2.45) is 7.05 Å². The molecule has 224 valence electrons. The van der Waals surface area contributed by atoms with E-state index in [0.717, 1.165) is 122 Å². The molecular formula is C33H38ClN7O2. The highest BCUT2D eigenvalue weighted by atomic mass is 35.5. The maximum absolute atomic E-state index is 6.29. The second-order valence-electron chi connectivity index (χ2n) is 11.6. The number of ether oxygens (including phenoxy) is 2. The van der Waals surface area contributed by atoms with Gasteiger partial charge in [-0.25, -0.2) is 9.97 Å². The second kappa shape index (κ2) is 12.1. The smallest absolute Gasteiger partial charge is 0.227 e. The molecule has 4 heterocycles. The Balaban J connectivity index is 1.10. The van der Waals surface area contributed by atoms with Crippen LogP contribution < -0.4 is 15.0 Å². The maximum atomic E-state index is 6.29. The molecule has 0 saturated carbocycles. The summed E-state index contributed by atoms with van der Waals surface area (Å²) in [6.45, 7) is 5.94. The predicted octanol–water partition coefficient (Wildman–Crippen LogP) is 5.27. The van der Waals surface area contributed by atoms with E-state index in [2.05, 4.69) is 44.4 Å². The number of methoxy groups -OCH3 is 1. The number of fused-ring (bicyclic) bond motifs is 3. The van der Waals surface area contributed by atoms with Crippen molar-refractivity contribution < 1.29 is 9.47 Å². The number of piperazine rings is 1. The molecular weight excluding hydrogens is 562 g/mol. The van der Waals surface area contributed by atoms with E-state index in [4.69, 9.17) is 31.2 Å². The highest BCUT2D eigenvalue weighted by molar-refractivity contribution is 6.30. The Morgan fingerprint density at radius 3 is 2.67 bits per heavy atom. The number of benzene rings is 2. The van der Waals surface area contributed by atoms with E-state index in [1.54, 1.807) is 7.11 Å².